The van der Waals surface area contributed by atoms with Crippen LogP contribution in [-0.4, -0.2) is 18.3 Å². The fourth-order valence-electron chi connectivity index (χ4n) is 1.08. The summed E-state index contributed by atoms with van der Waals surface area (Å²) < 4.78 is 5.18. The molecular formula is C10H13NO2S. The molecule has 3 nitrogen and oxygen atoms in total. The van der Waals surface area contributed by atoms with Crippen LogP contribution < -0.4 is 0 Å². The van der Waals surface area contributed by atoms with Crippen LogP contribution in [0.25, 0.3) is 0 Å². The topological polar surface area (TPSA) is 53.2 Å². The van der Waals surface area contributed by atoms with Gasteiger partial charge in [0.15, 0.2) is 6.10 Å². The van der Waals surface area contributed by atoms with Crippen molar-refractivity contribution in [3.05, 3.63) is 21.9 Å². The van der Waals surface area contributed by atoms with Gasteiger partial charge in [0.25, 0.3) is 0 Å². The van der Waals surface area contributed by atoms with E-state index in [-0.39, 0.29) is 13.2 Å². The highest BCUT2D eigenvalue weighted by molar-refractivity contribution is 7.12. The first kappa shape index (κ1) is 11.2. The van der Waals surface area contributed by atoms with E-state index >= 15 is 0 Å². The lowest BCUT2D eigenvalue weighted by Gasteiger charge is -2.06. The lowest BCUT2D eigenvalue weighted by molar-refractivity contribution is 0.0599. The summed E-state index contributed by atoms with van der Waals surface area (Å²) in [5.41, 5.74) is 0. The van der Waals surface area contributed by atoms with Crippen molar-refractivity contribution in [2.45, 2.75) is 19.4 Å². The van der Waals surface area contributed by atoms with E-state index in [1.807, 2.05) is 12.1 Å². The predicted octanol–water partition coefficient (Wildman–Crippen LogP) is 1.88. The summed E-state index contributed by atoms with van der Waals surface area (Å²) in [5, 5.41) is 17.4. The summed E-state index contributed by atoms with van der Waals surface area (Å²) in [4.78, 5) is 2.16. The Morgan fingerprint density at radius 3 is 2.93 bits per heavy atom. The molecule has 0 aliphatic heterocycles. The number of aliphatic hydroxyl groups is 1. The van der Waals surface area contributed by atoms with E-state index in [2.05, 4.69) is 13.0 Å². The standard InChI is InChI=1S/C10H13NO2S/c1-2-8-3-4-10(14-8)9(7-11)13-6-5-12/h3-4,9,12H,2,5-6H2,1H3. The maximum atomic E-state index is 8.84. The van der Waals surface area contributed by atoms with E-state index in [9.17, 15) is 0 Å². The quantitative estimate of drug-likeness (QED) is 0.809. The average Bonchev–Trinajstić information content (AvgIpc) is 2.68. The van der Waals surface area contributed by atoms with Crippen LogP contribution in [0.15, 0.2) is 12.1 Å². The molecule has 76 valence electrons. The number of nitriles is 1. The van der Waals surface area contributed by atoms with Gasteiger partial charge in [-0.1, -0.05) is 6.92 Å². The molecular weight excluding hydrogens is 198 g/mol. The van der Waals surface area contributed by atoms with E-state index in [1.165, 1.54) is 4.88 Å². The van der Waals surface area contributed by atoms with Crippen LogP contribution in [0.3, 0.4) is 0 Å². The molecule has 0 radical (unpaired) electrons. The average molecular weight is 211 g/mol. The van der Waals surface area contributed by atoms with E-state index < -0.39 is 6.10 Å². The monoisotopic (exact) mass is 211 g/mol. The summed E-state index contributed by atoms with van der Waals surface area (Å²) >= 11 is 1.59. The summed E-state index contributed by atoms with van der Waals surface area (Å²) in [6.45, 7) is 2.23. The number of nitrogens with zero attached hydrogens (tertiary/aromatic N) is 1. The van der Waals surface area contributed by atoms with Crippen LogP contribution >= 0.6 is 11.3 Å². The molecule has 0 amide bonds. The normalized spacial score (nSPS) is 12.4. The van der Waals surface area contributed by atoms with Crippen molar-refractivity contribution in [3.63, 3.8) is 0 Å². The molecule has 4 heteroatoms. The Morgan fingerprint density at radius 1 is 1.64 bits per heavy atom. The molecule has 0 aliphatic rings. The van der Waals surface area contributed by atoms with E-state index in [0.29, 0.717) is 0 Å². The van der Waals surface area contributed by atoms with Crippen molar-refractivity contribution in [3.8, 4) is 6.07 Å². The van der Waals surface area contributed by atoms with Gasteiger partial charge in [-0.05, 0) is 18.6 Å². The minimum Gasteiger partial charge on any atom is -0.394 e. The fourth-order valence-corrected chi connectivity index (χ4v) is 2.03. The predicted molar refractivity (Wildman–Crippen MR) is 55.1 cm³/mol. The van der Waals surface area contributed by atoms with Crippen LogP contribution in [0.4, 0.5) is 0 Å². The Hall–Kier alpha value is -0.890. The van der Waals surface area contributed by atoms with Crippen molar-refractivity contribution in [1.29, 1.82) is 5.26 Å². The van der Waals surface area contributed by atoms with Gasteiger partial charge in [0.1, 0.15) is 6.07 Å². The third-order valence-corrected chi connectivity index (χ3v) is 3.06. The molecule has 0 bridgehead atoms. The number of hydrogen-bond donors (Lipinski definition) is 1. The maximum absolute atomic E-state index is 8.84. The summed E-state index contributed by atoms with van der Waals surface area (Å²) in [7, 11) is 0. The van der Waals surface area contributed by atoms with Crippen LogP contribution in [0, 0.1) is 11.3 Å². The van der Waals surface area contributed by atoms with Crippen LogP contribution in [0.1, 0.15) is 22.8 Å². The van der Waals surface area contributed by atoms with Gasteiger partial charge >= 0.3 is 0 Å². The zero-order valence-corrected chi connectivity index (χ0v) is 8.88. The minimum atomic E-state index is -0.535. The summed E-state index contributed by atoms with van der Waals surface area (Å²) in [6.07, 6.45) is 0.440. The molecule has 0 saturated heterocycles. The lowest BCUT2D eigenvalue weighted by atomic mass is 10.3. The number of thiophene rings is 1. The van der Waals surface area contributed by atoms with Gasteiger partial charge in [0, 0.05) is 9.75 Å². The zero-order chi connectivity index (χ0) is 10.4. The van der Waals surface area contributed by atoms with Gasteiger partial charge in [0.2, 0.25) is 0 Å². The number of rotatable bonds is 5. The summed E-state index contributed by atoms with van der Waals surface area (Å²) in [5.74, 6) is 0. The second-order valence-corrected chi connectivity index (χ2v) is 3.96. The third-order valence-electron chi connectivity index (χ3n) is 1.78. The van der Waals surface area contributed by atoms with Crippen LogP contribution in [0.2, 0.25) is 0 Å². The second-order valence-electron chi connectivity index (χ2n) is 2.76. The van der Waals surface area contributed by atoms with Crippen molar-refractivity contribution in [2.75, 3.05) is 13.2 Å². The van der Waals surface area contributed by atoms with Crippen molar-refractivity contribution in [2.24, 2.45) is 0 Å². The minimum absolute atomic E-state index is 0.0514. The first-order chi connectivity index (χ1) is 6.81. The number of aryl methyl sites for hydroxylation is 1. The molecule has 1 heterocycles. The smallest absolute Gasteiger partial charge is 0.178 e. The van der Waals surface area contributed by atoms with Gasteiger partial charge in [-0.2, -0.15) is 5.26 Å². The van der Waals surface area contributed by atoms with E-state index in [0.717, 1.165) is 11.3 Å². The Balaban J connectivity index is 2.65. The molecule has 0 fully saturated rings. The molecule has 14 heavy (non-hydrogen) atoms. The Bertz CT molecular complexity index is 316. The zero-order valence-electron chi connectivity index (χ0n) is 8.06. The molecule has 0 aromatic carbocycles. The first-order valence-electron chi connectivity index (χ1n) is 4.52. The van der Waals surface area contributed by atoms with Gasteiger partial charge < -0.3 is 9.84 Å². The van der Waals surface area contributed by atoms with Gasteiger partial charge in [-0.15, -0.1) is 11.3 Å². The molecule has 0 saturated carbocycles. The molecule has 1 aromatic heterocycles. The van der Waals surface area contributed by atoms with Gasteiger partial charge in [0.05, 0.1) is 13.2 Å². The highest BCUT2D eigenvalue weighted by atomic mass is 32.1. The molecule has 0 spiro atoms. The first-order valence-corrected chi connectivity index (χ1v) is 5.34. The van der Waals surface area contributed by atoms with E-state index in [1.54, 1.807) is 11.3 Å². The van der Waals surface area contributed by atoms with Gasteiger partial charge in [-0.3, -0.25) is 0 Å². The van der Waals surface area contributed by atoms with Crippen LogP contribution in [-0.2, 0) is 11.2 Å². The number of aliphatic hydroxyl groups excluding tert-OH is 1. The van der Waals surface area contributed by atoms with E-state index in [4.69, 9.17) is 15.1 Å². The maximum Gasteiger partial charge on any atom is 0.178 e. The van der Waals surface area contributed by atoms with Crippen molar-refractivity contribution >= 4 is 11.3 Å². The van der Waals surface area contributed by atoms with Crippen molar-refractivity contribution in [1.82, 2.24) is 0 Å². The summed E-state index contributed by atoms with van der Waals surface area (Å²) in [6, 6.07) is 5.99. The fraction of sp³-hybridized carbons (Fsp3) is 0.500. The molecule has 1 N–H and O–H groups in total. The molecule has 1 rings (SSSR count). The largest absolute Gasteiger partial charge is 0.394 e. The number of ether oxygens (including phenoxy) is 1. The Labute approximate surface area is 87.6 Å². The lowest BCUT2D eigenvalue weighted by Crippen LogP contribution is -2.04. The molecule has 1 unspecified atom stereocenters. The Kier molecular flexibility index (Phi) is 4.60. The van der Waals surface area contributed by atoms with Gasteiger partial charge in [-0.25, -0.2) is 0 Å². The second kappa shape index (κ2) is 5.76. The highest BCUT2D eigenvalue weighted by Crippen LogP contribution is 2.25. The third kappa shape index (κ3) is 2.81. The number of hydrogen-bond acceptors (Lipinski definition) is 4. The van der Waals surface area contributed by atoms with Crippen molar-refractivity contribution < 1.29 is 9.84 Å². The van der Waals surface area contributed by atoms with Crippen LogP contribution in [0.5, 0.6) is 0 Å². The molecule has 1 atom stereocenters. The molecule has 0 aliphatic carbocycles. The molecule has 1 aromatic rings. The SMILES string of the molecule is CCc1ccc(C(C#N)OCCO)s1. The Morgan fingerprint density at radius 2 is 2.43 bits per heavy atom. The highest BCUT2D eigenvalue weighted by Gasteiger charge is 2.12.